The zero-order valence-corrected chi connectivity index (χ0v) is 14.3. The topological polar surface area (TPSA) is 111 Å². The van der Waals surface area contributed by atoms with Crippen LogP contribution in [0.2, 0.25) is 5.02 Å². The molecule has 1 aromatic heterocycles. The number of rotatable bonds is 5. The molecule has 1 atom stereocenters. The Kier molecular flexibility index (Phi) is 4.94. The highest BCUT2D eigenvalue weighted by Crippen LogP contribution is 2.22. The third-order valence-electron chi connectivity index (χ3n) is 3.56. The Morgan fingerprint density at radius 2 is 2.04 bits per heavy atom. The lowest BCUT2D eigenvalue weighted by atomic mass is 10.2. The summed E-state index contributed by atoms with van der Waals surface area (Å²) >= 11 is 5.94. The highest BCUT2D eigenvalue weighted by Gasteiger charge is 2.19. The van der Waals surface area contributed by atoms with Crippen LogP contribution in [0.4, 0.5) is 5.69 Å². The Hall–Kier alpha value is -3.26. The highest BCUT2D eigenvalue weighted by atomic mass is 35.5. The van der Waals surface area contributed by atoms with Crippen molar-refractivity contribution in [2.75, 3.05) is 0 Å². The van der Waals surface area contributed by atoms with Crippen molar-refractivity contribution >= 4 is 23.2 Å². The van der Waals surface area contributed by atoms with Gasteiger partial charge in [-0.1, -0.05) is 35.0 Å². The Labute approximate surface area is 152 Å². The fraction of sp³-hybridized carbons (Fsp3) is 0.118. The minimum absolute atomic E-state index is 0.161. The largest absolute Gasteiger partial charge is 0.341 e. The van der Waals surface area contributed by atoms with Gasteiger partial charge in [0.2, 0.25) is 11.7 Å². The van der Waals surface area contributed by atoms with E-state index in [0.29, 0.717) is 16.4 Å². The van der Waals surface area contributed by atoms with Crippen molar-refractivity contribution in [1.82, 2.24) is 15.5 Å². The number of nitrogens with zero attached hydrogens (tertiary/aromatic N) is 3. The van der Waals surface area contributed by atoms with Crippen LogP contribution in [0.1, 0.15) is 29.2 Å². The number of nitrogens with one attached hydrogen (secondary N) is 1. The SMILES string of the molecule is C[C@H](NC(=O)c1cccc([N+](=O)[O-])c1)c1nc(-c2cccc(Cl)c2)no1. The van der Waals surface area contributed by atoms with Crippen molar-refractivity contribution in [2.24, 2.45) is 0 Å². The predicted molar refractivity (Wildman–Crippen MR) is 93.7 cm³/mol. The van der Waals surface area contributed by atoms with Crippen LogP contribution in [-0.2, 0) is 0 Å². The van der Waals surface area contributed by atoms with Gasteiger partial charge >= 0.3 is 0 Å². The van der Waals surface area contributed by atoms with E-state index in [1.807, 2.05) is 0 Å². The van der Waals surface area contributed by atoms with Crippen LogP contribution < -0.4 is 5.32 Å². The number of benzene rings is 2. The van der Waals surface area contributed by atoms with Crippen molar-refractivity contribution < 1.29 is 14.2 Å². The van der Waals surface area contributed by atoms with Crippen molar-refractivity contribution in [1.29, 1.82) is 0 Å². The Morgan fingerprint density at radius 3 is 2.77 bits per heavy atom. The van der Waals surface area contributed by atoms with Crippen LogP contribution in [0.5, 0.6) is 0 Å². The molecule has 0 aliphatic heterocycles. The van der Waals surface area contributed by atoms with Gasteiger partial charge in [0.25, 0.3) is 11.6 Å². The molecule has 0 radical (unpaired) electrons. The van der Waals surface area contributed by atoms with Gasteiger partial charge in [0.05, 0.1) is 4.92 Å². The molecule has 0 saturated carbocycles. The second-order valence-corrected chi connectivity index (χ2v) is 5.91. The molecule has 8 nitrogen and oxygen atoms in total. The summed E-state index contributed by atoms with van der Waals surface area (Å²) in [6.45, 7) is 1.67. The molecule has 0 aliphatic carbocycles. The number of non-ortho nitro benzene ring substituents is 1. The molecule has 0 spiro atoms. The number of hydrogen-bond donors (Lipinski definition) is 1. The number of carbonyl (C=O) groups is 1. The van der Waals surface area contributed by atoms with E-state index in [2.05, 4.69) is 15.5 Å². The lowest BCUT2D eigenvalue weighted by Gasteiger charge is -2.09. The van der Waals surface area contributed by atoms with E-state index in [1.165, 1.54) is 24.3 Å². The molecule has 1 N–H and O–H groups in total. The van der Waals surface area contributed by atoms with Crippen molar-refractivity contribution in [3.05, 3.63) is 75.1 Å². The summed E-state index contributed by atoms with van der Waals surface area (Å²) in [5, 5.41) is 17.9. The van der Waals surface area contributed by atoms with Gasteiger partial charge in [0, 0.05) is 28.3 Å². The summed E-state index contributed by atoms with van der Waals surface area (Å²) in [5.41, 5.74) is 0.691. The van der Waals surface area contributed by atoms with Crippen molar-refractivity contribution in [3.8, 4) is 11.4 Å². The molecular formula is C17H13ClN4O4. The zero-order chi connectivity index (χ0) is 18.7. The molecule has 132 valence electrons. The minimum atomic E-state index is -0.581. The minimum Gasteiger partial charge on any atom is -0.341 e. The quantitative estimate of drug-likeness (QED) is 0.538. The number of hydrogen-bond acceptors (Lipinski definition) is 6. The Morgan fingerprint density at radius 1 is 1.27 bits per heavy atom. The standard InChI is InChI=1S/C17H13ClN4O4/c1-10(19-16(23)12-5-3-7-14(9-12)22(24)25)17-20-15(21-26-17)11-4-2-6-13(18)8-11/h2-10H,1H3,(H,19,23)/t10-/m0/s1. The molecule has 3 aromatic rings. The molecule has 0 fully saturated rings. The number of amides is 1. The third-order valence-corrected chi connectivity index (χ3v) is 3.80. The molecular weight excluding hydrogens is 360 g/mol. The molecule has 0 saturated heterocycles. The van der Waals surface area contributed by atoms with E-state index in [4.69, 9.17) is 16.1 Å². The van der Waals surface area contributed by atoms with Gasteiger partial charge in [-0.15, -0.1) is 0 Å². The molecule has 3 rings (SSSR count). The smallest absolute Gasteiger partial charge is 0.270 e. The Balaban J connectivity index is 1.74. The number of halogens is 1. The number of aromatic nitrogens is 2. The van der Waals surface area contributed by atoms with E-state index in [1.54, 1.807) is 31.2 Å². The van der Waals surface area contributed by atoms with Crippen molar-refractivity contribution in [3.63, 3.8) is 0 Å². The van der Waals surface area contributed by atoms with Crippen LogP contribution in [-0.4, -0.2) is 21.0 Å². The summed E-state index contributed by atoms with van der Waals surface area (Å²) in [7, 11) is 0. The fourth-order valence-corrected chi connectivity index (χ4v) is 2.45. The van der Waals surface area contributed by atoms with Gasteiger partial charge in [-0.05, 0) is 25.1 Å². The van der Waals surface area contributed by atoms with E-state index in [0.717, 1.165) is 0 Å². The molecule has 0 aliphatic rings. The average molecular weight is 373 g/mol. The predicted octanol–water partition coefficient (Wildman–Crippen LogP) is 3.79. The first-order chi connectivity index (χ1) is 12.4. The first-order valence-corrected chi connectivity index (χ1v) is 7.96. The first-order valence-electron chi connectivity index (χ1n) is 7.59. The zero-order valence-electron chi connectivity index (χ0n) is 13.5. The normalized spacial score (nSPS) is 11.8. The molecule has 0 bridgehead atoms. The number of nitro groups is 1. The van der Waals surface area contributed by atoms with E-state index in [9.17, 15) is 14.9 Å². The van der Waals surface area contributed by atoms with E-state index < -0.39 is 16.9 Å². The van der Waals surface area contributed by atoms with Gasteiger partial charge in [0.15, 0.2) is 0 Å². The first kappa shape index (κ1) is 17.6. The summed E-state index contributed by atoms with van der Waals surface area (Å²) in [6, 6.07) is 11.8. The third kappa shape index (κ3) is 3.86. The number of carbonyl (C=O) groups excluding carboxylic acids is 1. The lowest BCUT2D eigenvalue weighted by molar-refractivity contribution is -0.384. The van der Waals surface area contributed by atoms with Crippen LogP contribution >= 0.6 is 11.6 Å². The van der Waals surface area contributed by atoms with Crippen LogP contribution in [0, 0.1) is 10.1 Å². The molecule has 9 heteroatoms. The van der Waals surface area contributed by atoms with Gasteiger partial charge in [-0.3, -0.25) is 14.9 Å². The maximum atomic E-state index is 12.3. The van der Waals surface area contributed by atoms with Crippen LogP contribution in [0.15, 0.2) is 53.1 Å². The summed E-state index contributed by atoms with van der Waals surface area (Å²) in [4.78, 5) is 26.8. The molecule has 2 aromatic carbocycles. The lowest BCUT2D eigenvalue weighted by Crippen LogP contribution is -2.26. The van der Waals surface area contributed by atoms with Gasteiger partial charge in [-0.25, -0.2) is 0 Å². The fourth-order valence-electron chi connectivity index (χ4n) is 2.26. The average Bonchev–Trinajstić information content (AvgIpc) is 3.12. The monoisotopic (exact) mass is 372 g/mol. The Bertz CT molecular complexity index is 973. The van der Waals surface area contributed by atoms with Crippen LogP contribution in [0.25, 0.3) is 11.4 Å². The highest BCUT2D eigenvalue weighted by molar-refractivity contribution is 6.30. The maximum absolute atomic E-state index is 12.3. The second kappa shape index (κ2) is 7.32. The van der Waals surface area contributed by atoms with Gasteiger partial charge in [-0.2, -0.15) is 4.98 Å². The summed E-state index contributed by atoms with van der Waals surface area (Å²) < 4.78 is 5.19. The second-order valence-electron chi connectivity index (χ2n) is 5.47. The number of nitro benzene ring substituents is 1. The summed E-state index contributed by atoms with van der Waals surface area (Å²) in [5.74, 6) is 0.0707. The van der Waals surface area contributed by atoms with E-state index >= 15 is 0 Å². The van der Waals surface area contributed by atoms with Crippen LogP contribution in [0.3, 0.4) is 0 Å². The van der Waals surface area contributed by atoms with Gasteiger partial charge in [0.1, 0.15) is 6.04 Å². The van der Waals surface area contributed by atoms with E-state index in [-0.39, 0.29) is 17.1 Å². The van der Waals surface area contributed by atoms with Gasteiger partial charge < -0.3 is 9.84 Å². The summed E-state index contributed by atoms with van der Waals surface area (Å²) in [6.07, 6.45) is 0. The van der Waals surface area contributed by atoms with Crippen molar-refractivity contribution in [2.45, 2.75) is 13.0 Å². The molecule has 1 amide bonds. The maximum Gasteiger partial charge on any atom is 0.270 e. The molecule has 0 unspecified atom stereocenters. The molecule has 26 heavy (non-hydrogen) atoms. The molecule has 1 heterocycles.